The van der Waals surface area contributed by atoms with Gasteiger partial charge in [-0.15, -0.1) is 0 Å². The molecular formula is C21H23F3N2O5S. The summed E-state index contributed by atoms with van der Waals surface area (Å²) in [4.78, 5) is 12.2. The van der Waals surface area contributed by atoms with Crippen LogP contribution in [-0.4, -0.2) is 44.9 Å². The van der Waals surface area contributed by atoms with Crippen molar-refractivity contribution in [3.8, 4) is 11.5 Å². The number of halogens is 3. The maximum atomic E-state index is 13.1. The minimum Gasteiger partial charge on any atom is -0.492 e. The maximum absolute atomic E-state index is 13.1. The summed E-state index contributed by atoms with van der Waals surface area (Å²) in [7, 11) is -3.83. The van der Waals surface area contributed by atoms with Gasteiger partial charge < -0.3 is 14.8 Å². The molecule has 2 aromatic carbocycles. The standard InChI is InChI=1S/C21H23F3N2O5S/c1-2-30-18-10-9-15(13-19(18)32(28,29)26-11-5-6-12-26)25-20(27)14-31-17-8-4-3-7-16(17)21(22,23)24/h3-4,7-10,13H,2,5-6,11-12,14H2,1H3,(H,25,27). The van der Waals surface area contributed by atoms with Gasteiger partial charge >= 0.3 is 6.18 Å². The molecule has 11 heteroatoms. The van der Waals surface area contributed by atoms with E-state index in [0.717, 1.165) is 25.0 Å². The number of ether oxygens (including phenoxy) is 2. The van der Waals surface area contributed by atoms with E-state index in [9.17, 15) is 26.4 Å². The molecule has 0 aliphatic carbocycles. The van der Waals surface area contributed by atoms with Crippen LogP contribution in [-0.2, 0) is 21.0 Å². The molecule has 0 radical (unpaired) electrons. The van der Waals surface area contributed by atoms with Crippen LogP contribution in [0.3, 0.4) is 0 Å². The van der Waals surface area contributed by atoms with Crippen molar-refractivity contribution in [2.24, 2.45) is 0 Å². The predicted octanol–water partition coefficient (Wildman–Crippen LogP) is 3.91. The van der Waals surface area contributed by atoms with Gasteiger partial charge in [0.25, 0.3) is 5.91 Å². The van der Waals surface area contributed by atoms with Gasteiger partial charge in [-0.05, 0) is 50.1 Å². The van der Waals surface area contributed by atoms with E-state index < -0.39 is 40.0 Å². The molecule has 2 aromatic rings. The monoisotopic (exact) mass is 472 g/mol. The van der Waals surface area contributed by atoms with Gasteiger partial charge in [0.2, 0.25) is 10.0 Å². The predicted molar refractivity (Wildman–Crippen MR) is 111 cm³/mol. The van der Waals surface area contributed by atoms with Gasteiger partial charge in [-0.1, -0.05) is 12.1 Å². The van der Waals surface area contributed by atoms with Crippen LogP contribution in [0.5, 0.6) is 11.5 Å². The van der Waals surface area contributed by atoms with Gasteiger partial charge in [0.05, 0.1) is 12.2 Å². The van der Waals surface area contributed by atoms with Crippen molar-refractivity contribution in [3.05, 3.63) is 48.0 Å². The van der Waals surface area contributed by atoms with Crippen molar-refractivity contribution >= 4 is 21.6 Å². The van der Waals surface area contributed by atoms with Crippen molar-refractivity contribution in [2.45, 2.75) is 30.8 Å². The molecule has 0 bridgehead atoms. The highest BCUT2D eigenvalue weighted by Crippen LogP contribution is 2.36. The summed E-state index contributed by atoms with van der Waals surface area (Å²) in [6, 6.07) is 8.73. The third-order valence-electron chi connectivity index (χ3n) is 4.76. The third-order valence-corrected chi connectivity index (χ3v) is 6.68. The number of anilines is 1. The van der Waals surface area contributed by atoms with Gasteiger partial charge in [0, 0.05) is 18.8 Å². The minimum absolute atomic E-state index is 0.0811. The summed E-state index contributed by atoms with van der Waals surface area (Å²) >= 11 is 0. The molecule has 0 saturated carbocycles. The first-order valence-electron chi connectivity index (χ1n) is 9.99. The number of carbonyl (C=O) groups is 1. The van der Waals surface area contributed by atoms with Crippen molar-refractivity contribution in [2.75, 3.05) is 31.6 Å². The van der Waals surface area contributed by atoms with E-state index in [1.54, 1.807) is 6.92 Å². The molecule has 1 N–H and O–H groups in total. The van der Waals surface area contributed by atoms with Crippen LogP contribution >= 0.6 is 0 Å². The Morgan fingerprint density at radius 1 is 1.06 bits per heavy atom. The molecule has 1 aliphatic heterocycles. The largest absolute Gasteiger partial charge is 0.492 e. The summed E-state index contributed by atoms with van der Waals surface area (Å²) in [5.41, 5.74) is -0.836. The van der Waals surface area contributed by atoms with Gasteiger partial charge in [-0.3, -0.25) is 4.79 Å². The lowest BCUT2D eigenvalue weighted by Crippen LogP contribution is -2.28. The van der Waals surface area contributed by atoms with Gasteiger partial charge in [-0.2, -0.15) is 17.5 Å². The van der Waals surface area contributed by atoms with Crippen LogP contribution in [0.1, 0.15) is 25.3 Å². The fourth-order valence-electron chi connectivity index (χ4n) is 3.30. The van der Waals surface area contributed by atoms with Crippen LogP contribution in [0.15, 0.2) is 47.4 Å². The highest BCUT2D eigenvalue weighted by molar-refractivity contribution is 7.89. The van der Waals surface area contributed by atoms with Gasteiger partial charge in [0.15, 0.2) is 6.61 Å². The van der Waals surface area contributed by atoms with Crippen molar-refractivity contribution < 1.29 is 35.9 Å². The number of para-hydroxylation sites is 1. The first-order valence-corrected chi connectivity index (χ1v) is 11.4. The smallest absolute Gasteiger partial charge is 0.419 e. The lowest BCUT2D eigenvalue weighted by atomic mass is 10.2. The molecule has 0 atom stereocenters. The lowest BCUT2D eigenvalue weighted by molar-refractivity contribution is -0.139. The first kappa shape index (κ1) is 23.9. The molecule has 7 nitrogen and oxygen atoms in total. The summed E-state index contributed by atoms with van der Waals surface area (Å²) in [6.45, 7) is 2.08. The normalized spacial score (nSPS) is 14.9. The van der Waals surface area contributed by atoms with E-state index >= 15 is 0 Å². The molecule has 1 saturated heterocycles. The molecule has 32 heavy (non-hydrogen) atoms. The number of hydrogen-bond donors (Lipinski definition) is 1. The van der Waals surface area contributed by atoms with E-state index in [4.69, 9.17) is 9.47 Å². The van der Waals surface area contributed by atoms with Gasteiger partial charge in [0.1, 0.15) is 16.4 Å². The van der Waals surface area contributed by atoms with Crippen LogP contribution in [0.4, 0.5) is 18.9 Å². The van der Waals surface area contributed by atoms with E-state index in [1.807, 2.05) is 0 Å². The molecule has 1 aliphatic rings. The number of sulfonamides is 1. The molecular weight excluding hydrogens is 449 g/mol. The zero-order valence-corrected chi connectivity index (χ0v) is 18.1. The van der Waals surface area contributed by atoms with Crippen LogP contribution in [0, 0.1) is 0 Å². The van der Waals surface area contributed by atoms with Crippen LogP contribution in [0.2, 0.25) is 0 Å². The number of nitrogens with zero attached hydrogens (tertiary/aromatic N) is 1. The Morgan fingerprint density at radius 2 is 1.75 bits per heavy atom. The molecule has 174 valence electrons. The van der Waals surface area contributed by atoms with E-state index in [-0.39, 0.29) is 22.9 Å². The Hall–Kier alpha value is -2.79. The number of alkyl halides is 3. The lowest BCUT2D eigenvalue weighted by Gasteiger charge is -2.19. The average molecular weight is 472 g/mol. The second-order valence-corrected chi connectivity index (χ2v) is 8.94. The first-order chi connectivity index (χ1) is 15.1. The van der Waals surface area contributed by atoms with E-state index in [0.29, 0.717) is 13.1 Å². The second-order valence-electron chi connectivity index (χ2n) is 7.04. The Morgan fingerprint density at radius 3 is 2.41 bits per heavy atom. The Labute approximate surface area is 184 Å². The van der Waals surface area contributed by atoms with E-state index in [2.05, 4.69) is 5.32 Å². The van der Waals surface area contributed by atoms with Gasteiger partial charge in [-0.25, -0.2) is 8.42 Å². The highest BCUT2D eigenvalue weighted by Gasteiger charge is 2.34. The fraction of sp³-hybridized carbons (Fsp3) is 0.381. The zero-order chi connectivity index (χ0) is 23.4. The molecule has 0 aromatic heterocycles. The fourth-order valence-corrected chi connectivity index (χ4v) is 4.97. The Balaban J connectivity index is 1.76. The molecule has 1 heterocycles. The molecule has 0 unspecified atom stereocenters. The summed E-state index contributed by atoms with van der Waals surface area (Å²) in [5, 5.41) is 2.46. The number of amides is 1. The molecule has 0 spiro atoms. The molecule has 1 amide bonds. The topological polar surface area (TPSA) is 84.9 Å². The number of nitrogens with one attached hydrogen (secondary N) is 1. The van der Waals surface area contributed by atoms with E-state index in [1.165, 1.54) is 34.6 Å². The van der Waals surface area contributed by atoms with Crippen LogP contribution < -0.4 is 14.8 Å². The quantitative estimate of drug-likeness (QED) is 0.630. The number of benzene rings is 2. The molecule has 1 fully saturated rings. The number of hydrogen-bond acceptors (Lipinski definition) is 5. The van der Waals surface area contributed by atoms with Crippen molar-refractivity contribution in [3.63, 3.8) is 0 Å². The van der Waals surface area contributed by atoms with Crippen molar-refractivity contribution in [1.29, 1.82) is 0 Å². The Kier molecular flexibility index (Phi) is 7.29. The number of carbonyl (C=O) groups excluding carboxylic acids is 1. The average Bonchev–Trinajstić information content (AvgIpc) is 3.29. The summed E-state index contributed by atoms with van der Waals surface area (Å²) in [6.07, 6.45) is -3.10. The zero-order valence-electron chi connectivity index (χ0n) is 17.3. The SMILES string of the molecule is CCOc1ccc(NC(=O)COc2ccccc2C(F)(F)F)cc1S(=O)(=O)N1CCCC1. The minimum atomic E-state index is -4.62. The van der Waals surface area contributed by atoms with Crippen molar-refractivity contribution in [1.82, 2.24) is 4.31 Å². The highest BCUT2D eigenvalue weighted by atomic mass is 32.2. The Bertz CT molecular complexity index is 1070. The summed E-state index contributed by atoms with van der Waals surface area (Å²) in [5.74, 6) is -1.05. The number of rotatable bonds is 8. The maximum Gasteiger partial charge on any atom is 0.419 e. The summed E-state index contributed by atoms with van der Waals surface area (Å²) < 4.78 is 77.0. The van der Waals surface area contributed by atoms with Crippen LogP contribution in [0.25, 0.3) is 0 Å². The second kappa shape index (κ2) is 9.78. The third kappa shape index (κ3) is 5.52. The molecule has 3 rings (SSSR count).